The minimum absolute atomic E-state index is 0.753. The fraction of sp³-hybridized carbons (Fsp3) is 0.357. The zero-order chi connectivity index (χ0) is 14.2. The third-order valence-electron chi connectivity index (χ3n) is 3.88. The van der Waals surface area contributed by atoms with Crippen LogP contribution in [0.4, 0.5) is 5.69 Å². The number of benzene rings is 1. The van der Waals surface area contributed by atoms with Gasteiger partial charge in [-0.05, 0) is 19.0 Å². The first-order valence-corrected chi connectivity index (χ1v) is 8.42. The van der Waals surface area contributed by atoms with Crippen LogP contribution in [0, 0.1) is 0 Å². The molecule has 1 saturated heterocycles. The van der Waals surface area contributed by atoms with Gasteiger partial charge in [-0.1, -0.05) is 18.2 Å². The maximum atomic E-state index is 12.2. The molecule has 0 saturated carbocycles. The Morgan fingerprint density at radius 3 is 2.65 bits per heavy atom. The van der Waals surface area contributed by atoms with Gasteiger partial charge in [0.15, 0.2) is 0 Å². The van der Waals surface area contributed by atoms with E-state index in [0.29, 0.717) is 0 Å². The predicted octanol–water partition coefficient (Wildman–Crippen LogP) is 1.06. The Kier molecular flexibility index (Phi) is 3.45. The molecule has 0 bridgehead atoms. The first-order chi connectivity index (χ1) is 9.62. The normalized spacial score (nSPS) is 20.1. The molecule has 1 atom stereocenters. The topological polar surface area (TPSA) is 51.4 Å². The van der Waals surface area contributed by atoms with Crippen LogP contribution in [-0.4, -0.2) is 52.6 Å². The molecule has 5 nitrogen and oxygen atoms in total. The average molecular weight is 292 g/mol. The predicted molar refractivity (Wildman–Crippen MR) is 86.4 cm³/mol. The van der Waals surface area contributed by atoms with Gasteiger partial charge in [-0.25, -0.2) is 13.2 Å². The summed E-state index contributed by atoms with van der Waals surface area (Å²) in [5.41, 5.74) is 2.38. The highest BCUT2D eigenvalue weighted by atomic mass is 32.2. The van der Waals surface area contributed by atoms with Crippen molar-refractivity contribution in [2.24, 2.45) is 0 Å². The lowest BCUT2D eigenvalue weighted by molar-refractivity contribution is 0.406. The Bertz CT molecular complexity index is 699. The van der Waals surface area contributed by atoms with Crippen molar-refractivity contribution in [3.05, 3.63) is 30.5 Å². The van der Waals surface area contributed by atoms with Crippen LogP contribution >= 0.6 is 0 Å². The molecule has 108 valence electrons. The molecule has 0 amide bonds. The molecule has 2 heterocycles. The summed E-state index contributed by atoms with van der Waals surface area (Å²) < 4.78 is 16.9. The highest BCUT2D eigenvalue weighted by Crippen LogP contribution is 2.27. The van der Waals surface area contributed by atoms with Gasteiger partial charge in [-0.2, -0.15) is 0 Å². The fourth-order valence-corrected chi connectivity index (χ4v) is 3.68. The molecule has 2 N–H and O–H groups in total. The van der Waals surface area contributed by atoms with Gasteiger partial charge in [0.1, 0.15) is 0 Å². The highest BCUT2D eigenvalue weighted by molar-refractivity contribution is 7.96. The summed E-state index contributed by atoms with van der Waals surface area (Å²) in [6.45, 7) is 3.22. The Morgan fingerprint density at radius 2 is 1.95 bits per heavy atom. The van der Waals surface area contributed by atoms with Gasteiger partial charge < -0.3 is 9.88 Å². The van der Waals surface area contributed by atoms with Crippen molar-refractivity contribution in [1.82, 2.24) is 14.0 Å². The number of hydrogen-bond donors (Lipinski definition) is 2. The van der Waals surface area contributed by atoms with Crippen molar-refractivity contribution in [2.45, 2.75) is 0 Å². The smallest absolute Gasteiger partial charge is 0.0875 e. The Morgan fingerprint density at radius 1 is 1.25 bits per heavy atom. The molecule has 0 radical (unpaired) electrons. The van der Waals surface area contributed by atoms with E-state index in [-0.39, 0.29) is 0 Å². The number of nitrogens with zero attached hydrogens (tertiary/aromatic N) is 2. The van der Waals surface area contributed by atoms with Crippen LogP contribution in [0.25, 0.3) is 10.9 Å². The van der Waals surface area contributed by atoms with Crippen LogP contribution in [0.3, 0.4) is 0 Å². The molecule has 1 aromatic heterocycles. The van der Waals surface area contributed by atoms with Crippen LogP contribution in [0.2, 0.25) is 0 Å². The van der Waals surface area contributed by atoms with Gasteiger partial charge in [0.25, 0.3) is 0 Å². The molecular formula is C14H20N4OS. The van der Waals surface area contributed by atoms with Gasteiger partial charge in [0, 0.05) is 43.3 Å². The van der Waals surface area contributed by atoms with E-state index in [1.165, 1.54) is 11.1 Å². The van der Waals surface area contributed by atoms with Crippen molar-refractivity contribution in [1.29, 1.82) is 0 Å². The summed E-state index contributed by atoms with van der Waals surface area (Å²) in [5, 5.41) is 1.24. The van der Waals surface area contributed by atoms with Crippen LogP contribution < -0.4 is 9.62 Å². The Labute approximate surface area is 119 Å². The maximum absolute atomic E-state index is 12.2. The SMILES string of the molecule is C=S(=O)(NC)N1CCN(c2c[nH]c3ccccc23)CC1. The number of nitrogens with one attached hydrogen (secondary N) is 2. The van der Waals surface area contributed by atoms with E-state index >= 15 is 0 Å². The van der Waals surface area contributed by atoms with Crippen molar-refractivity contribution in [2.75, 3.05) is 38.1 Å². The second kappa shape index (κ2) is 5.12. The lowest BCUT2D eigenvalue weighted by Crippen LogP contribution is -2.51. The summed E-state index contributed by atoms with van der Waals surface area (Å²) in [7, 11) is -0.611. The zero-order valence-corrected chi connectivity index (χ0v) is 12.4. The quantitative estimate of drug-likeness (QED) is 0.831. The number of para-hydroxylation sites is 1. The minimum Gasteiger partial charge on any atom is -0.367 e. The van der Waals surface area contributed by atoms with E-state index in [1.54, 1.807) is 7.05 Å². The molecule has 1 aromatic carbocycles. The highest BCUT2D eigenvalue weighted by Gasteiger charge is 2.23. The van der Waals surface area contributed by atoms with E-state index < -0.39 is 9.89 Å². The molecule has 1 aliphatic heterocycles. The average Bonchev–Trinajstić information content (AvgIpc) is 2.91. The van der Waals surface area contributed by atoms with Crippen molar-refractivity contribution in [3.63, 3.8) is 0 Å². The number of H-pyrrole nitrogens is 1. The van der Waals surface area contributed by atoms with Crippen LogP contribution in [0.15, 0.2) is 30.5 Å². The lowest BCUT2D eigenvalue weighted by Gasteiger charge is -2.36. The molecule has 1 aliphatic rings. The number of hydrogen-bond acceptors (Lipinski definition) is 2. The van der Waals surface area contributed by atoms with E-state index in [0.717, 1.165) is 31.7 Å². The number of piperazine rings is 1. The van der Waals surface area contributed by atoms with Crippen LogP contribution in [0.1, 0.15) is 0 Å². The molecule has 0 aliphatic carbocycles. The third kappa shape index (κ3) is 2.30. The Balaban J connectivity index is 1.79. The molecule has 3 rings (SSSR count). The molecule has 2 aromatic rings. The third-order valence-corrected chi connectivity index (χ3v) is 5.72. The van der Waals surface area contributed by atoms with E-state index in [2.05, 4.69) is 44.9 Å². The molecule has 1 unspecified atom stereocenters. The van der Waals surface area contributed by atoms with Gasteiger partial charge in [0.2, 0.25) is 0 Å². The maximum Gasteiger partial charge on any atom is 0.0875 e. The number of aromatic amines is 1. The number of fused-ring (bicyclic) bond motifs is 1. The monoisotopic (exact) mass is 292 g/mol. The molecule has 1 fully saturated rings. The van der Waals surface area contributed by atoms with Crippen molar-refractivity contribution < 1.29 is 4.21 Å². The van der Waals surface area contributed by atoms with Crippen molar-refractivity contribution >= 4 is 32.4 Å². The molecule has 6 heteroatoms. The fourth-order valence-electron chi connectivity index (χ4n) is 2.67. The van der Waals surface area contributed by atoms with Gasteiger partial charge in [0.05, 0.1) is 15.6 Å². The molecular weight excluding hydrogens is 272 g/mol. The summed E-state index contributed by atoms with van der Waals surface area (Å²) >= 11 is 0. The van der Waals surface area contributed by atoms with Crippen molar-refractivity contribution in [3.8, 4) is 0 Å². The van der Waals surface area contributed by atoms with E-state index in [4.69, 9.17) is 0 Å². The van der Waals surface area contributed by atoms with Gasteiger partial charge in [-0.3, -0.25) is 0 Å². The summed E-state index contributed by atoms with van der Waals surface area (Å²) in [6.07, 6.45) is 2.06. The minimum atomic E-state index is -2.31. The number of aromatic nitrogens is 1. The van der Waals surface area contributed by atoms with E-state index in [9.17, 15) is 4.21 Å². The van der Waals surface area contributed by atoms with Crippen LogP contribution in [-0.2, 0) is 9.89 Å². The van der Waals surface area contributed by atoms with Gasteiger partial charge >= 0.3 is 0 Å². The number of anilines is 1. The van der Waals surface area contributed by atoms with Crippen LogP contribution in [0.5, 0.6) is 0 Å². The summed E-state index contributed by atoms with van der Waals surface area (Å²) in [5.74, 6) is 3.77. The molecule has 0 spiro atoms. The standard InChI is InChI=1S/C14H20N4OS/c1-15-20(2,19)18-9-7-17(8-10-18)14-11-16-13-6-4-3-5-12(13)14/h3-6,11,16H,2,7-10H2,1H3,(H,15,19). The first-order valence-electron chi connectivity index (χ1n) is 6.74. The first kappa shape index (κ1) is 13.5. The summed E-state index contributed by atoms with van der Waals surface area (Å²) in [6, 6.07) is 8.30. The van der Waals surface area contributed by atoms with E-state index in [1.807, 2.05) is 10.4 Å². The summed E-state index contributed by atoms with van der Waals surface area (Å²) in [4.78, 5) is 5.64. The lowest BCUT2D eigenvalue weighted by atomic mass is 10.2. The molecule has 20 heavy (non-hydrogen) atoms. The second-order valence-electron chi connectivity index (χ2n) is 4.98. The second-order valence-corrected chi connectivity index (χ2v) is 7.19. The largest absolute Gasteiger partial charge is 0.367 e. The van der Waals surface area contributed by atoms with Gasteiger partial charge in [-0.15, -0.1) is 0 Å². The number of rotatable bonds is 3. The Hall–Kier alpha value is -1.50. The zero-order valence-electron chi connectivity index (χ0n) is 11.6.